The summed E-state index contributed by atoms with van der Waals surface area (Å²) in [6, 6.07) is 16.6. The number of nitrogens with one attached hydrogen (secondary N) is 1. The minimum atomic E-state index is -0.686. The lowest BCUT2D eigenvalue weighted by Crippen LogP contribution is -2.28. The highest BCUT2D eigenvalue weighted by molar-refractivity contribution is 6.34. The van der Waals surface area contributed by atoms with E-state index in [1.165, 1.54) is 0 Å². The molecular weight excluding hydrogens is 352 g/mol. The third kappa shape index (κ3) is 3.32. The van der Waals surface area contributed by atoms with Gasteiger partial charge in [0.05, 0.1) is 11.4 Å². The van der Waals surface area contributed by atoms with Gasteiger partial charge in [-0.1, -0.05) is 41.0 Å². The average Bonchev–Trinajstić information content (AvgIpc) is 3.35. The van der Waals surface area contributed by atoms with E-state index in [0.29, 0.717) is 22.8 Å². The van der Waals surface area contributed by atoms with Crippen LogP contribution in [-0.2, 0) is 9.63 Å². The van der Waals surface area contributed by atoms with Crippen LogP contribution in [0.1, 0.15) is 12.0 Å². The summed E-state index contributed by atoms with van der Waals surface area (Å²) >= 11 is 6.18. The molecule has 3 aromatic rings. The molecule has 130 valence electrons. The van der Waals surface area contributed by atoms with E-state index in [4.69, 9.17) is 16.4 Å². The molecule has 0 saturated carbocycles. The van der Waals surface area contributed by atoms with Crippen LogP contribution in [0.4, 0.5) is 5.69 Å². The number of halogens is 1. The quantitative estimate of drug-likeness (QED) is 0.766. The molecule has 0 radical (unpaired) electrons. The fourth-order valence-corrected chi connectivity index (χ4v) is 2.99. The van der Waals surface area contributed by atoms with Crippen molar-refractivity contribution in [1.82, 2.24) is 9.78 Å². The first-order valence-electron chi connectivity index (χ1n) is 8.09. The van der Waals surface area contributed by atoms with Crippen molar-refractivity contribution in [1.29, 1.82) is 0 Å². The lowest BCUT2D eigenvalue weighted by molar-refractivity contribution is -0.125. The van der Waals surface area contributed by atoms with Crippen molar-refractivity contribution in [3.63, 3.8) is 0 Å². The maximum absolute atomic E-state index is 12.5. The molecule has 0 saturated heterocycles. The smallest absolute Gasteiger partial charge is 0.268 e. The Kier molecular flexibility index (Phi) is 4.41. The standard InChI is InChI=1S/C19H15ClN4O2/c20-16-8-2-1-7-15(16)17-12-18(26-23-17)19(25)22-13-5-3-6-14(11-13)24-10-4-9-21-24/h1-11,18H,12H2,(H,22,25)/t18-/m0/s1. The van der Waals surface area contributed by atoms with Crippen LogP contribution in [0.3, 0.4) is 0 Å². The zero-order chi connectivity index (χ0) is 17.9. The van der Waals surface area contributed by atoms with E-state index < -0.39 is 6.10 Å². The number of oxime groups is 1. The van der Waals surface area contributed by atoms with Crippen molar-refractivity contribution < 1.29 is 9.63 Å². The maximum atomic E-state index is 12.5. The number of rotatable bonds is 4. The van der Waals surface area contributed by atoms with E-state index in [-0.39, 0.29) is 5.91 Å². The monoisotopic (exact) mass is 366 g/mol. The van der Waals surface area contributed by atoms with Gasteiger partial charge in [0.25, 0.3) is 5.91 Å². The Morgan fingerprint density at radius 3 is 2.88 bits per heavy atom. The van der Waals surface area contributed by atoms with Crippen LogP contribution in [0.25, 0.3) is 5.69 Å². The molecule has 26 heavy (non-hydrogen) atoms. The highest BCUT2D eigenvalue weighted by atomic mass is 35.5. The second kappa shape index (κ2) is 7.01. The van der Waals surface area contributed by atoms with E-state index in [2.05, 4.69) is 15.6 Å². The van der Waals surface area contributed by atoms with Gasteiger partial charge < -0.3 is 10.2 Å². The summed E-state index contributed by atoms with van der Waals surface area (Å²) in [5.74, 6) is -0.256. The predicted octanol–water partition coefficient (Wildman–Crippen LogP) is 3.66. The van der Waals surface area contributed by atoms with Gasteiger partial charge >= 0.3 is 0 Å². The molecule has 0 bridgehead atoms. The number of nitrogens with zero attached hydrogens (tertiary/aromatic N) is 3. The minimum Gasteiger partial charge on any atom is -0.382 e. The van der Waals surface area contributed by atoms with Gasteiger partial charge in [-0.2, -0.15) is 5.10 Å². The van der Waals surface area contributed by atoms with Gasteiger partial charge in [0.1, 0.15) is 0 Å². The summed E-state index contributed by atoms with van der Waals surface area (Å²) in [7, 11) is 0. The van der Waals surface area contributed by atoms with Crippen LogP contribution in [-0.4, -0.2) is 27.5 Å². The van der Waals surface area contributed by atoms with Crippen molar-refractivity contribution in [3.8, 4) is 5.69 Å². The third-order valence-electron chi connectivity index (χ3n) is 4.03. The van der Waals surface area contributed by atoms with Crippen LogP contribution in [0.15, 0.2) is 72.1 Å². The highest BCUT2D eigenvalue weighted by Crippen LogP contribution is 2.24. The third-order valence-corrected chi connectivity index (χ3v) is 4.36. The first-order valence-corrected chi connectivity index (χ1v) is 8.47. The number of hydrogen-bond donors (Lipinski definition) is 1. The van der Waals surface area contributed by atoms with Gasteiger partial charge in [-0.25, -0.2) is 4.68 Å². The molecule has 0 aliphatic carbocycles. The topological polar surface area (TPSA) is 68.5 Å². The largest absolute Gasteiger partial charge is 0.382 e. The van der Waals surface area contributed by atoms with Crippen molar-refractivity contribution in [2.45, 2.75) is 12.5 Å². The summed E-state index contributed by atoms with van der Waals surface area (Å²) in [6.07, 6.45) is 3.22. The lowest BCUT2D eigenvalue weighted by atomic mass is 10.0. The molecule has 0 spiro atoms. The Bertz CT molecular complexity index is 969. The number of hydrogen-bond acceptors (Lipinski definition) is 4. The zero-order valence-electron chi connectivity index (χ0n) is 13.7. The van der Waals surface area contributed by atoms with Crippen molar-refractivity contribution in [3.05, 3.63) is 77.6 Å². The molecule has 1 amide bonds. The van der Waals surface area contributed by atoms with Gasteiger partial charge in [-0.05, 0) is 30.3 Å². The van der Waals surface area contributed by atoms with E-state index >= 15 is 0 Å². The molecule has 0 unspecified atom stereocenters. The molecule has 1 N–H and O–H groups in total. The average molecular weight is 367 g/mol. The Morgan fingerprint density at radius 2 is 2.08 bits per heavy atom. The minimum absolute atomic E-state index is 0.256. The summed E-state index contributed by atoms with van der Waals surface area (Å²) in [6.45, 7) is 0. The van der Waals surface area contributed by atoms with E-state index in [0.717, 1.165) is 11.3 Å². The Morgan fingerprint density at radius 1 is 1.19 bits per heavy atom. The normalized spacial score (nSPS) is 16.0. The van der Waals surface area contributed by atoms with Gasteiger partial charge in [0.2, 0.25) is 6.10 Å². The summed E-state index contributed by atoms with van der Waals surface area (Å²) in [5.41, 5.74) is 2.97. The van der Waals surface area contributed by atoms with E-state index in [1.807, 2.05) is 54.7 Å². The first-order chi connectivity index (χ1) is 12.7. The van der Waals surface area contributed by atoms with Crippen molar-refractivity contribution >= 4 is 28.9 Å². The van der Waals surface area contributed by atoms with Crippen molar-refractivity contribution in [2.75, 3.05) is 5.32 Å². The van der Waals surface area contributed by atoms with Crippen molar-refractivity contribution in [2.24, 2.45) is 5.16 Å². The Hall–Kier alpha value is -3.12. The van der Waals surface area contributed by atoms with Crippen LogP contribution >= 0.6 is 11.6 Å². The number of anilines is 1. The maximum Gasteiger partial charge on any atom is 0.268 e. The van der Waals surface area contributed by atoms with Gasteiger partial charge in [0, 0.05) is 35.1 Å². The van der Waals surface area contributed by atoms with Gasteiger partial charge in [-0.3, -0.25) is 4.79 Å². The van der Waals surface area contributed by atoms with Crippen LogP contribution in [0, 0.1) is 0 Å². The number of amides is 1. The second-order valence-electron chi connectivity index (χ2n) is 5.81. The van der Waals surface area contributed by atoms with Crippen LogP contribution in [0.2, 0.25) is 5.02 Å². The molecule has 1 aliphatic heterocycles. The highest BCUT2D eigenvalue weighted by Gasteiger charge is 2.29. The summed E-state index contributed by atoms with van der Waals surface area (Å²) < 4.78 is 1.72. The second-order valence-corrected chi connectivity index (χ2v) is 6.21. The van der Waals surface area contributed by atoms with E-state index in [1.54, 1.807) is 16.9 Å². The Labute approximate surface area is 155 Å². The number of benzene rings is 2. The Balaban J connectivity index is 1.44. The molecule has 4 rings (SSSR count). The molecule has 1 aromatic heterocycles. The molecular formula is C19H15ClN4O2. The molecule has 2 aromatic carbocycles. The predicted molar refractivity (Wildman–Crippen MR) is 99.7 cm³/mol. The zero-order valence-corrected chi connectivity index (χ0v) is 14.4. The SMILES string of the molecule is O=C(Nc1cccc(-n2cccn2)c1)[C@@H]1CC(c2ccccc2Cl)=NO1. The summed E-state index contributed by atoms with van der Waals surface area (Å²) in [5, 5.41) is 11.7. The fourth-order valence-electron chi connectivity index (χ4n) is 2.74. The molecule has 6 nitrogen and oxygen atoms in total. The van der Waals surface area contributed by atoms with E-state index in [9.17, 15) is 4.79 Å². The summed E-state index contributed by atoms with van der Waals surface area (Å²) in [4.78, 5) is 17.8. The molecule has 1 aliphatic rings. The lowest BCUT2D eigenvalue weighted by Gasteiger charge is -2.11. The molecule has 7 heteroatoms. The number of aromatic nitrogens is 2. The number of carbonyl (C=O) groups excluding carboxylic acids is 1. The molecule has 2 heterocycles. The first kappa shape index (κ1) is 16.4. The molecule has 0 fully saturated rings. The van der Waals surface area contributed by atoms with Gasteiger partial charge in [0.15, 0.2) is 0 Å². The molecule has 1 atom stereocenters. The fraction of sp³-hybridized carbons (Fsp3) is 0.105. The van der Waals surface area contributed by atoms with Crippen LogP contribution in [0.5, 0.6) is 0 Å². The number of carbonyl (C=O) groups is 1. The van der Waals surface area contributed by atoms with Crippen LogP contribution < -0.4 is 5.32 Å². The van der Waals surface area contributed by atoms with Gasteiger partial charge in [-0.15, -0.1) is 0 Å².